The first kappa shape index (κ1) is 27.7. The van der Waals surface area contributed by atoms with Gasteiger partial charge in [0.15, 0.2) is 5.79 Å². The molecule has 1 aromatic rings. The van der Waals surface area contributed by atoms with Gasteiger partial charge < -0.3 is 35.4 Å². The van der Waals surface area contributed by atoms with Crippen LogP contribution in [0.2, 0.25) is 0 Å². The molecule has 0 saturated carbocycles. The SMILES string of the molecule is Cc1ccccc1C1=CC=CC(OCCCNCCCO)(OCCCNCC(O)CO)C1C. The molecule has 0 saturated heterocycles. The Morgan fingerprint density at radius 2 is 1.67 bits per heavy atom. The van der Waals surface area contributed by atoms with Gasteiger partial charge in [-0.1, -0.05) is 43.3 Å². The second-order valence-corrected chi connectivity index (χ2v) is 8.51. The minimum absolute atomic E-state index is 0.00937. The summed E-state index contributed by atoms with van der Waals surface area (Å²) in [4.78, 5) is 0. The van der Waals surface area contributed by atoms with Crippen LogP contribution in [0.15, 0.2) is 42.5 Å². The summed E-state index contributed by atoms with van der Waals surface area (Å²) in [5, 5.41) is 33.7. The van der Waals surface area contributed by atoms with E-state index in [2.05, 4.69) is 48.8 Å². The van der Waals surface area contributed by atoms with Gasteiger partial charge in [-0.3, -0.25) is 0 Å². The first-order valence-corrected chi connectivity index (χ1v) is 12.1. The lowest BCUT2D eigenvalue weighted by atomic mass is 9.82. The Morgan fingerprint density at radius 3 is 2.33 bits per heavy atom. The molecule has 7 nitrogen and oxygen atoms in total. The van der Waals surface area contributed by atoms with E-state index in [9.17, 15) is 5.11 Å². The van der Waals surface area contributed by atoms with Gasteiger partial charge >= 0.3 is 0 Å². The maximum absolute atomic E-state index is 9.45. The molecule has 0 fully saturated rings. The van der Waals surface area contributed by atoms with Crippen LogP contribution in [0.1, 0.15) is 37.3 Å². The molecule has 0 amide bonds. The highest BCUT2D eigenvalue weighted by molar-refractivity contribution is 5.73. The Morgan fingerprint density at radius 1 is 1.00 bits per heavy atom. The van der Waals surface area contributed by atoms with Crippen LogP contribution in [0, 0.1) is 12.8 Å². The lowest BCUT2D eigenvalue weighted by molar-refractivity contribution is -0.222. The van der Waals surface area contributed by atoms with Crippen molar-refractivity contribution in [3.05, 3.63) is 53.6 Å². The van der Waals surface area contributed by atoms with Crippen LogP contribution >= 0.6 is 0 Å². The van der Waals surface area contributed by atoms with Crippen molar-refractivity contribution in [1.29, 1.82) is 0 Å². The fourth-order valence-corrected chi connectivity index (χ4v) is 3.92. The summed E-state index contributed by atoms with van der Waals surface area (Å²) in [6.07, 6.45) is 7.80. The molecule has 1 aliphatic carbocycles. The number of hydrogen-bond acceptors (Lipinski definition) is 7. The van der Waals surface area contributed by atoms with E-state index in [0.717, 1.165) is 32.4 Å². The molecule has 3 unspecified atom stereocenters. The summed E-state index contributed by atoms with van der Waals surface area (Å²) < 4.78 is 12.8. The van der Waals surface area contributed by atoms with Gasteiger partial charge in [0.1, 0.15) is 0 Å². The topological polar surface area (TPSA) is 103 Å². The van der Waals surface area contributed by atoms with E-state index in [4.69, 9.17) is 19.7 Å². The minimum Gasteiger partial charge on any atom is -0.396 e. The van der Waals surface area contributed by atoms with Crippen LogP contribution < -0.4 is 10.6 Å². The second-order valence-electron chi connectivity index (χ2n) is 8.51. The number of aliphatic hydroxyl groups excluding tert-OH is 3. The molecular weight excluding hydrogens is 420 g/mol. The lowest BCUT2D eigenvalue weighted by Crippen LogP contribution is -2.43. The molecule has 1 aliphatic rings. The van der Waals surface area contributed by atoms with E-state index >= 15 is 0 Å². The fraction of sp³-hybridized carbons (Fsp3) is 0.615. The van der Waals surface area contributed by atoms with Gasteiger partial charge in [0.05, 0.1) is 25.9 Å². The third kappa shape index (κ3) is 8.94. The molecule has 7 heteroatoms. The number of aliphatic hydroxyl groups is 3. The second kappa shape index (κ2) is 15.3. The highest BCUT2D eigenvalue weighted by atomic mass is 16.7. The van der Waals surface area contributed by atoms with E-state index < -0.39 is 11.9 Å². The van der Waals surface area contributed by atoms with Gasteiger partial charge in [-0.2, -0.15) is 0 Å². The molecule has 186 valence electrons. The quantitative estimate of drug-likeness (QED) is 0.178. The predicted molar refractivity (Wildman–Crippen MR) is 132 cm³/mol. The van der Waals surface area contributed by atoms with E-state index in [1.807, 2.05) is 18.2 Å². The maximum Gasteiger partial charge on any atom is 0.194 e. The molecule has 2 rings (SSSR count). The van der Waals surface area contributed by atoms with Gasteiger partial charge in [-0.05, 0) is 68.6 Å². The summed E-state index contributed by atoms with van der Waals surface area (Å²) in [5.74, 6) is -0.836. The zero-order chi connectivity index (χ0) is 23.9. The van der Waals surface area contributed by atoms with Gasteiger partial charge in [0, 0.05) is 19.1 Å². The molecule has 5 N–H and O–H groups in total. The van der Waals surface area contributed by atoms with Crippen molar-refractivity contribution in [2.45, 2.75) is 45.0 Å². The van der Waals surface area contributed by atoms with E-state index in [-0.39, 0.29) is 19.1 Å². The van der Waals surface area contributed by atoms with Gasteiger partial charge in [0.25, 0.3) is 0 Å². The molecule has 0 spiro atoms. The Hall–Kier alpha value is -1.58. The molecule has 0 radical (unpaired) electrons. The van der Waals surface area contributed by atoms with Crippen LogP contribution in [0.4, 0.5) is 0 Å². The Labute approximate surface area is 198 Å². The summed E-state index contributed by atoms with van der Waals surface area (Å²) in [6.45, 7) is 7.95. The molecule has 0 bridgehead atoms. The molecule has 33 heavy (non-hydrogen) atoms. The van der Waals surface area contributed by atoms with Crippen molar-refractivity contribution in [3.8, 4) is 0 Å². The third-order valence-corrected chi connectivity index (χ3v) is 5.88. The van der Waals surface area contributed by atoms with Crippen LogP contribution in [-0.4, -0.2) is 79.8 Å². The standard InChI is InChI=1S/C26H42N2O5/c1-21-9-3-4-10-24(21)25-11-5-12-26(22(25)2,32-17-7-14-27-13-6-16-29)33-18-8-15-28-19-23(31)20-30/h3-5,9-12,22-23,27-31H,6-8,13-20H2,1-2H3. The Kier molecular flexibility index (Phi) is 12.9. The summed E-state index contributed by atoms with van der Waals surface area (Å²) >= 11 is 0. The molecular formula is C26H42N2O5. The number of rotatable bonds is 17. The summed E-state index contributed by atoms with van der Waals surface area (Å²) in [5.41, 5.74) is 3.62. The Bertz CT molecular complexity index is 739. The maximum atomic E-state index is 9.45. The van der Waals surface area contributed by atoms with E-state index in [0.29, 0.717) is 26.3 Å². The summed E-state index contributed by atoms with van der Waals surface area (Å²) in [6, 6.07) is 8.37. The van der Waals surface area contributed by atoms with Crippen molar-refractivity contribution in [1.82, 2.24) is 10.6 Å². The fourth-order valence-electron chi connectivity index (χ4n) is 3.92. The predicted octanol–water partition coefficient (Wildman–Crippen LogP) is 2.01. The van der Waals surface area contributed by atoms with Gasteiger partial charge in [-0.15, -0.1) is 0 Å². The first-order chi connectivity index (χ1) is 16.0. The van der Waals surface area contributed by atoms with Crippen molar-refractivity contribution in [2.24, 2.45) is 5.92 Å². The van der Waals surface area contributed by atoms with Crippen LogP contribution in [0.5, 0.6) is 0 Å². The number of allylic oxidation sites excluding steroid dienone is 2. The lowest BCUT2D eigenvalue weighted by Gasteiger charge is -2.40. The average Bonchev–Trinajstić information content (AvgIpc) is 2.82. The van der Waals surface area contributed by atoms with E-state index in [1.165, 1.54) is 16.7 Å². The van der Waals surface area contributed by atoms with Crippen molar-refractivity contribution in [2.75, 3.05) is 52.6 Å². The van der Waals surface area contributed by atoms with Crippen LogP contribution in [-0.2, 0) is 9.47 Å². The van der Waals surface area contributed by atoms with Crippen molar-refractivity contribution < 1.29 is 24.8 Å². The normalized spacial score (nSPS) is 21.2. The molecule has 3 atom stereocenters. The smallest absolute Gasteiger partial charge is 0.194 e. The zero-order valence-corrected chi connectivity index (χ0v) is 20.1. The number of benzene rings is 1. The van der Waals surface area contributed by atoms with Crippen LogP contribution in [0.3, 0.4) is 0 Å². The molecule has 0 heterocycles. The summed E-state index contributed by atoms with van der Waals surface area (Å²) in [7, 11) is 0. The number of ether oxygens (including phenoxy) is 2. The van der Waals surface area contributed by atoms with Gasteiger partial charge in [0.2, 0.25) is 0 Å². The number of hydrogen-bond donors (Lipinski definition) is 5. The zero-order valence-electron chi connectivity index (χ0n) is 20.1. The van der Waals surface area contributed by atoms with Crippen molar-refractivity contribution in [3.63, 3.8) is 0 Å². The van der Waals surface area contributed by atoms with Gasteiger partial charge in [-0.25, -0.2) is 0 Å². The highest BCUT2D eigenvalue weighted by Crippen LogP contribution is 2.40. The van der Waals surface area contributed by atoms with E-state index in [1.54, 1.807) is 0 Å². The first-order valence-electron chi connectivity index (χ1n) is 12.1. The number of aryl methyl sites for hydroxylation is 1. The average molecular weight is 463 g/mol. The number of nitrogens with one attached hydrogen (secondary N) is 2. The van der Waals surface area contributed by atoms with Crippen LogP contribution in [0.25, 0.3) is 5.57 Å². The molecule has 1 aromatic carbocycles. The molecule has 0 aromatic heterocycles. The monoisotopic (exact) mass is 462 g/mol. The Balaban J connectivity index is 1.98. The third-order valence-electron chi connectivity index (χ3n) is 5.88. The largest absolute Gasteiger partial charge is 0.396 e. The van der Waals surface area contributed by atoms with Crippen molar-refractivity contribution >= 4 is 5.57 Å². The minimum atomic E-state index is -0.845. The molecule has 0 aliphatic heterocycles. The highest BCUT2D eigenvalue weighted by Gasteiger charge is 2.40.